The molecule has 0 heterocycles. The molecule has 2 aromatic carbocycles. The molecule has 0 aliphatic carbocycles. The van der Waals surface area contributed by atoms with Gasteiger partial charge in [0.15, 0.2) is 0 Å². The smallest absolute Gasteiger partial charge is 0.320 e. The molecule has 0 radical (unpaired) electrons. The van der Waals surface area contributed by atoms with Gasteiger partial charge in [-0.25, -0.2) is 4.39 Å². The fourth-order valence-electron chi connectivity index (χ4n) is 1.93. The molecule has 1 nitrogen and oxygen atoms in total. The maximum atomic E-state index is 14.1. The van der Waals surface area contributed by atoms with E-state index < -0.39 is 23.6 Å². The quantitative estimate of drug-likeness (QED) is 0.749. The highest BCUT2D eigenvalue weighted by Gasteiger charge is 2.35. The summed E-state index contributed by atoms with van der Waals surface area (Å²) >= 11 is 11.7. The van der Waals surface area contributed by atoms with Crippen LogP contribution in [0, 0.1) is 5.82 Å². The van der Waals surface area contributed by atoms with E-state index in [1.165, 1.54) is 24.3 Å². The molecule has 1 unspecified atom stereocenters. The standard InChI is InChI=1S/C14H9Cl2F4N/c15-7-4-5-11(16)9(6-7)13(21)8-2-1-3-10(12(8)17)14(18,19)20/h1-6,13H,21H2. The topological polar surface area (TPSA) is 26.0 Å². The van der Waals surface area contributed by atoms with Gasteiger partial charge in [-0.05, 0) is 29.8 Å². The first-order chi connectivity index (χ1) is 9.71. The van der Waals surface area contributed by atoms with Crippen LogP contribution in [0.2, 0.25) is 10.0 Å². The van der Waals surface area contributed by atoms with Gasteiger partial charge in [0, 0.05) is 15.6 Å². The van der Waals surface area contributed by atoms with Crippen molar-refractivity contribution in [1.82, 2.24) is 0 Å². The SMILES string of the molecule is NC(c1cc(Cl)ccc1Cl)c1cccc(C(F)(F)F)c1F. The summed E-state index contributed by atoms with van der Waals surface area (Å²) < 4.78 is 52.2. The number of alkyl halides is 3. The molecule has 0 spiro atoms. The fourth-order valence-corrected chi connectivity index (χ4v) is 2.35. The largest absolute Gasteiger partial charge is 0.419 e. The van der Waals surface area contributed by atoms with Crippen LogP contribution in [0.15, 0.2) is 36.4 Å². The Bertz CT molecular complexity index is 671. The summed E-state index contributed by atoms with van der Waals surface area (Å²) in [7, 11) is 0. The monoisotopic (exact) mass is 337 g/mol. The van der Waals surface area contributed by atoms with E-state index in [1.807, 2.05) is 0 Å². The lowest BCUT2D eigenvalue weighted by Gasteiger charge is -2.18. The van der Waals surface area contributed by atoms with Crippen LogP contribution >= 0.6 is 23.2 Å². The number of hydrogen-bond acceptors (Lipinski definition) is 1. The van der Waals surface area contributed by atoms with Crippen molar-refractivity contribution in [2.45, 2.75) is 12.2 Å². The second-order valence-electron chi connectivity index (χ2n) is 4.35. The van der Waals surface area contributed by atoms with E-state index in [0.29, 0.717) is 11.1 Å². The van der Waals surface area contributed by atoms with E-state index in [4.69, 9.17) is 28.9 Å². The summed E-state index contributed by atoms with van der Waals surface area (Å²) in [6, 6.07) is 6.14. The molecule has 1 atom stereocenters. The predicted octanol–water partition coefficient (Wildman–Crippen LogP) is 5.20. The Labute approximate surface area is 128 Å². The normalized spacial score (nSPS) is 13.3. The summed E-state index contributed by atoms with van der Waals surface area (Å²) in [5.41, 5.74) is 4.44. The zero-order valence-corrected chi connectivity index (χ0v) is 11.9. The van der Waals surface area contributed by atoms with Crippen molar-refractivity contribution in [3.63, 3.8) is 0 Å². The maximum Gasteiger partial charge on any atom is 0.419 e. The van der Waals surface area contributed by atoms with Gasteiger partial charge in [0.05, 0.1) is 11.6 Å². The minimum atomic E-state index is -4.79. The number of hydrogen-bond donors (Lipinski definition) is 1. The molecule has 112 valence electrons. The van der Waals surface area contributed by atoms with Gasteiger partial charge in [-0.2, -0.15) is 13.2 Å². The van der Waals surface area contributed by atoms with Crippen LogP contribution in [0.4, 0.5) is 17.6 Å². The third-order valence-electron chi connectivity index (χ3n) is 2.96. The predicted molar refractivity (Wildman–Crippen MR) is 73.9 cm³/mol. The number of nitrogens with two attached hydrogens (primary N) is 1. The first kappa shape index (κ1) is 16.1. The van der Waals surface area contributed by atoms with Crippen molar-refractivity contribution in [3.05, 3.63) is 69.0 Å². The zero-order chi connectivity index (χ0) is 15.8. The molecule has 0 bridgehead atoms. The van der Waals surface area contributed by atoms with Crippen LogP contribution in [0.5, 0.6) is 0 Å². The van der Waals surface area contributed by atoms with Gasteiger partial charge in [-0.15, -0.1) is 0 Å². The van der Waals surface area contributed by atoms with E-state index in [0.717, 1.165) is 6.07 Å². The van der Waals surface area contributed by atoms with Crippen LogP contribution in [0.3, 0.4) is 0 Å². The lowest BCUT2D eigenvalue weighted by atomic mass is 9.97. The molecule has 0 fully saturated rings. The Morgan fingerprint density at radius 1 is 1.00 bits per heavy atom. The highest BCUT2D eigenvalue weighted by atomic mass is 35.5. The Morgan fingerprint density at radius 2 is 1.67 bits per heavy atom. The summed E-state index contributed by atoms with van der Waals surface area (Å²) in [6.45, 7) is 0. The molecule has 0 amide bonds. The Hall–Kier alpha value is -1.30. The van der Waals surface area contributed by atoms with E-state index in [1.54, 1.807) is 0 Å². The highest BCUT2D eigenvalue weighted by Crippen LogP contribution is 2.36. The van der Waals surface area contributed by atoms with Crippen LogP contribution in [0.25, 0.3) is 0 Å². The lowest BCUT2D eigenvalue weighted by Crippen LogP contribution is -2.17. The van der Waals surface area contributed by atoms with Gasteiger partial charge in [0.1, 0.15) is 5.82 Å². The van der Waals surface area contributed by atoms with E-state index in [-0.39, 0.29) is 16.1 Å². The average molecular weight is 338 g/mol. The first-order valence-electron chi connectivity index (χ1n) is 5.78. The summed E-state index contributed by atoms with van der Waals surface area (Å²) in [5, 5.41) is 0.501. The Kier molecular flexibility index (Phi) is 4.46. The summed E-state index contributed by atoms with van der Waals surface area (Å²) in [6.07, 6.45) is -4.79. The number of rotatable bonds is 2. The van der Waals surface area contributed by atoms with Crippen molar-refractivity contribution in [1.29, 1.82) is 0 Å². The molecule has 0 saturated heterocycles. The summed E-state index contributed by atoms with van der Waals surface area (Å²) in [4.78, 5) is 0. The van der Waals surface area contributed by atoms with Crippen molar-refractivity contribution >= 4 is 23.2 Å². The molecule has 2 aromatic rings. The van der Waals surface area contributed by atoms with Crippen molar-refractivity contribution in [2.24, 2.45) is 5.73 Å². The van der Waals surface area contributed by atoms with Crippen molar-refractivity contribution in [2.75, 3.05) is 0 Å². The molecular formula is C14H9Cl2F4N. The number of halogens is 6. The third kappa shape index (κ3) is 3.31. The van der Waals surface area contributed by atoms with Gasteiger partial charge in [-0.1, -0.05) is 35.3 Å². The van der Waals surface area contributed by atoms with E-state index in [2.05, 4.69) is 0 Å². The first-order valence-corrected chi connectivity index (χ1v) is 6.53. The molecule has 21 heavy (non-hydrogen) atoms. The van der Waals surface area contributed by atoms with Gasteiger partial charge in [0.2, 0.25) is 0 Å². The second-order valence-corrected chi connectivity index (χ2v) is 5.19. The van der Waals surface area contributed by atoms with Gasteiger partial charge in [0.25, 0.3) is 0 Å². The maximum absolute atomic E-state index is 14.1. The molecule has 2 N–H and O–H groups in total. The summed E-state index contributed by atoms with van der Waals surface area (Å²) in [5.74, 6) is -1.41. The highest BCUT2D eigenvalue weighted by molar-refractivity contribution is 6.33. The molecule has 0 aliphatic heterocycles. The Morgan fingerprint density at radius 3 is 2.29 bits per heavy atom. The van der Waals surface area contributed by atoms with Crippen LogP contribution in [-0.2, 0) is 6.18 Å². The van der Waals surface area contributed by atoms with E-state index in [9.17, 15) is 17.6 Å². The van der Waals surface area contributed by atoms with E-state index >= 15 is 0 Å². The van der Waals surface area contributed by atoms with Crippen LogP contribution in [0.1, 0.15) is 22.7 Å². The molecular weight excluding hydrogens is 329 g/mol. The minimum absolute atomic E-state index is 0.198. The third-order valence-corrected chi connectivity index (χ3v) is 3.54. The van der Waals surface area contributed by atoms with Crippen LogP contribution < -0.4 is 5.73 Å². The second kappa shape index (κ2) is 5.83. The molecule has 7 heteroatoms. The molecule has 0 aromatic heterocycles. The zero-order valence-electron chi connectivity index (χ0n) is 10.4. The molecule has 0 aliphatic rings. The van der Waals surface area contributed by atoms with Crippen molar-refractivity contribution in [3.8, 4) is 0 Å². The molecule has 0 saturated carbocycles. The fraction of sp³-hybridized carbons (Fsp3) is 0.143. The van der Waals surface area contributed by atoms with Crippen molar-refractivity contribution < 1.29 is 17.6 Å². The van der Waals surface area contributed by atoms with Gasteiger partial charge < -0.3 is 5.73 Å². The lowest BCUT2D eigenvalue weighted by molar-refractivity contribution is -0.140. The molecule has 2 rings (SSSR count). The number of benzene rings is 2. The average Bonchev–Trinajstić information content (AvgIpc) is 2.39. The van der Waals surface area contributed by atoms with Gasteiger partial charge in [-0.3, -0.25) is 0 Å². The minimum Gasteiger partial charge on any atom is -0.320 e. The Balaban J connectivity index is 2.54. The van der Waals surface area contributed by atoms with Gasteiger partial charge >= 0.3 is 6.18 Å². The van der Waals surface area contributed by atoms with Crippen LogP contribution in [-0.4, -0.2) is 0 Å².